The minimum atomic E-state index is -0.925. The Kier molecular flexibility index (Phi) is 5.55. The summed E-state index contributed by atoms with van der Waals surface area (Å²) < 4.78 is 5.54. The fraction of sp³-hybridized carbons (Fsp3) is 0.333. The molecule has 1 heterocycles. The molecule has 0 bridgehead atoms. The molecule has 0 aliphatic rings. The van der Waals surface area contributed by atoms with E-state index < -0.39 is 12.1 Å². The lowest BCUT2D eigenvalue weighted by atomic mass is 10.1. The van der Waals surface area contributed by atoms with Crippen molar-refractivity contribution in [1.82, 2.24) is 4.90 Å². The SMILES string of the molecule is CCc1cc(C(=O)OC(C(=O)N(C)C)c2ccccc2)sc1C. The maximum absolute atomic E-state index is 12.5. The van der Waals surface area contributed by atoms with E-state index in [1.807, 2.05) is 38.1 Å². The summed E-state index contributed by atoms with van der Waals surface area (Å²) in [5.41, 5.74) is 1.81. The molecule has 1 amide bonds. The van der Waals surface area contributed by atoms with Crippen LogP contribution < -0.4 is 0 Å². The normalized spacial score (nSPS) is 11.8. The zero-order chi connectivity index (χ0) is 17.0. The highest BCUT2D eigenvalue weighted by Crippen LogP contribution is 2.26. The van der Waals surface area contributed by atoms with Crippen molar-refractivity contribution in [2.75, 3.05) is 14.1 Å². The van der Waals surface area contributed by atoms with Crippen LogP contribution in [0.15, 0.2) is 36.4 Å². The smallest absolute Gasteiger partial charge is 0.349 e. The summed E-state index contributed by atoms with van der Waals surface area (Å²) in [6.07, 6.45) is -0.0554. The number of esters is 1. The van der Waals surface area contributed by atoms with Gasteiger partial charge in [0.15, 0.2) is 0 Å². The van der Waals surface area contributed by atoms with E-state index in [-0.39, 0.29) is 5.91 Å². The first-order chi connectivity index (χ1) is 10.9. The molecule has 2 aromatic rings. The molecule has 0 saturated heterocycles. The van der Waals surface area contributed by atoms with Crippen LogP contribution in [0.1, 0.15) is 38.7 Å². The second-order valence-corrected chi connectivity index (χ2v) is 6.73. The highest BCUT2D eigenvalue weighted by molar-refractivity contribution is 7.14. The molecule has 122 valence electrons. The van der Waals surface area contributed by atoms with Crippen LogP contribution in [0.3, 0.4) is 0 Å². The third-order valence-corrected chi connectivity index (χ3v) is 4.67. The van der Waals surface area contributed by atoms with Crippen molar-refractivity contribution >= 4 is 23.2 Å². The van der Waals surface area contributed by atoms with Crippen molar-refractivity contribution in [2.24, 2.45) is 0 Å². The van der Waals surface area contributed by atoms with Gasteiger partial charge in [-0.3, -0.25) is 4.79 Å². The van der Waals surface area contributed by atoms with E-state index in [9.17, 15) is 9.59 Å². The molecule has 2 rings (SSSR count). The summed E-state index contributed by atoms with van der Waals surface area (Å²) >= 11 is 1.40. The number of benzene rings is 1. The quantitative estimate of drug-likeness (QED) is 0.786. The Balaban J connectivity index is 2.26. The van der Waals surface area contributed by atoms with Gasteiger partial charge in [-0.1, -0.05) is 37.3 Å². The number of nitrogens with zero attached hydrogens (tertiary/aromatic N) is 1. The highest BCUT2D eigenvalue weighted by atomic mass is 32.1. The minimum Gasteiger partial charge on any atom is -0.443 e. The van der Waals surface area contributed by atoms with Gasteiger partial charge in [0, 0.05) is 24.5 Å². The number of rotatable bonds is 5. The Labute approximate surface area is 140 Å². The van der Waals surface area contributed by atoms with Crippen molar-refractivity contribution in [3.8, 4) is 0 Å². The first-order valence-electron chi connectivity index (χ1n) is 7.50. The predicted molar refractivity (Wildman–Crippen MR) is 91.7 cm³/mol. The predicted octanol–water partition coefficient (Wildman–Crippen LogP) is 3.61. The largest absolute Gasteiger partial charge is 0.443 e. The van der Waals surface area contributed by atoms with E-state index in [1.54, 1.807) is 26.2 Å². The third kappa shape index (κ3) is 3.99. The van der Waals surface area contributed by atoms with Gasteiger partial charge in [-0.25, -0.2) is 4.79 Å². The molecular weight excluding hydrogens is 310 g/mol. The first kappa shape index (κ1) is 17.2. The van der Waals surface area contributed by atoms with Crippen molar-refractivity contribution in [3.63, 3.8) is 0 Å². The molecule has 0 aliphatic carbocycles. The Morgan fingerprint density at radius 2 is 1.87 bits per heavy atom. The summed E-state index contributed by atoms with van der Waals surface area (Å²) in [6.45, 7) is 4.03. The van der Waals surface area contributed by atoms with Gasteiger partial charge >= 0.3 is 5.97 Å². The summed E-state index contributed by atoms with van der Waals surface area (Å²) in [6, 6.07) is 10.9. The lowest BCUT2D eigenvalue weighted by molar-refractivity contribution is -0.138. The summed E-state index contributed by atoms with van der Waals surface area (Å²) in [5, 5.41) is 0. The monoisotopic (exact) mass is 331 g/mol. The zero-order valence-electron chi connectivity index (χ0n) is 13.8. The average molecular weight is 331 g/mol. The zero-order valence-corrected chi connectivity index (χ0v) is 14.6. The average Bonchev–Trinajstić information content (AvgIpc) is 2.93. The van der Waals surface area contributed by atoms with Crippen LogP contribution in [0.4, 0.5) is 0 Å². The molecule has 1 aromatic heterocycles. The van der Waals surface area contributed by atoms with Gasteiger partial charge in [0.25, 0.3) is 5.91 Å². The summed E-state index contributed by atoms with van der Waals surface area (Å²) in [7, 11) is 3.30. The standard InChI is InChI=1S/C18H21NO3S/c1-5-13-11-15(23-12(13)2)18(21)22-16(17(20)19(3)4)14-9-7-6-8-10-14/h6-11,16H,5H2,1-4H3. The highest BCUT2D eigenvalue weighted by Gasteiger charge is 2.27. The fourth-order valence-electron chi connectivity index (χ4n) is 2.26. The number of amides is 1. The molecule has 23 heavy (non-hydrogen) atoms. The Morgan fingerprint density at radius 3 is 2.39 bits per heavy atom. The van der Waals surface area contributed by atoms with Gasteiger partial charge in [0.2, 0.25) is 6.10 Å². The number of likely N-dealkylation sites (N-methyl/N-ethyl adjacent to an activating group) is 1. The summed E-state index contributed by atoms with van der Waals surface area (Å²) in [5.74, 6) is -0.713. The van der Waals surface area contributed by atoms with Crippen molar-refractivity contribution in [2.45, 2.75) is 26.4 Å². The van der Waals surface area contributed by atoms with Gasteiger partial charge in [-0.05, 0) is 25.0 Å². The lowest BCUT2D eigenvalue weighted by Gasteiger charge is -2.20. The molecule has 0 aliphatic heterocycles. The van der Waals surface area contributed by atoms with E-state index >= 15 is 0 Å². The second-order valence-electron chi connectivity index (χ2n) is 5.47. The molecule has 1 unspecified atom stereocenters. The van der Waals surface area contributed by atoms with Crippen LogP contribution >= 0.6 is 11.3 Å². The van der Waals surface area contributed by atoms with Gasteiger partial charge < -0.3 is 9.64 Å². The van der Waals surface area contributed by atoms with Crippen molar-refractivity contribution in [1.29, 1.82) is 0 Å². The maximum atomic E-state index is 12.5. The van der Waals surface area contributed by atoms with Crippen molar-refractivity contribution in [3.05, 3.63) is 57.3 Å². The molecule has 0 spiro atoms. The molecule has 1 aromatic carbocycles. The van der Waals surface area contributed by atoms with Gasteiger partial charge in [-0.2, -0.15) is 0 Å². The second kappa shape index (κ2) is 7.42. The van der Waals surface area contributed by atoms with Crippen LogP contribution in [-0.4, -0.2) is 30.9 Å². The van der Waals surface area contributed by atoms with Crippen LogP contribution in [0.25, 0.3) is 0 Å². The van der Waals surface area contributed by atoms with Crippen LogP contribution in [-0.2, 0) is 16.0 Å². The van der Waals surface area contributed by atoms with Crippen molar-refractivity contribution < 1.29 is 14.3 Å². The molecule has 1 atom stereocenters. The Bertz CT molecular complexity index is 692. The molecule has 0 saturated carbocycles. The van der Waals surface area contributed by atoms with Gasteiger partial charge in [0.1, 0.15) is 4.88 Å². The van der Waals surface area contributed by atoms with E-state index in [0.717, 1.165) is 16.9 Å². The van der Waals surface area contributed by atoms with Crippen LogP contribution in [0, 0.1) is 6.92 Å². The third-order valence-electron chi connectivity index (χ3n) is 3.59. The molecule has 0 radical (unpaired) electrons. The van der Waals surface area contributed by atoms with Gasteiger partial charge in [0.05, 0.1) is 0 Å². The van der Waals surface area contributed by atoms with Crippen LogP contribution in [0.2, 0.25) is 0 Å². The number of carbonyl (C=O) groups excluding carboxylic acids is 2. The van der Waals surface area contributed by atoms with E-state index in [0.29, 0.717) is 10.4 Å². The number of thiophene rings is 1. The minimum absolute atomic E-state index is 0.256. The van der Waals surface area contributed by atoms with Gasteiger partial charge in [-0.15, -0.1) is 11.3 Å². The number of carbonyl (C=O) groups is 2. The number of ether oxygens (including phenoxy) is 1. The molecular formula is C18H21NO3S. The lowest BCUT2D eigenvalue weighted by Crippen LogP contribution is -2.31. The number of aryl methyl sites for hydroxylation is 2. The van der Waals surface area contributed by atoms with Crippen LogP contribution in [0.5, 0.6) is 0 Å². The maximum Gasteiger partial charge on any atom is 0.349 e. The molecule has 0 N–H and O–H groups in total. The summed E-state index contributed by atoms with van der Waals surface area (Å²) in [4.78, 5) is 27.9. The number of hydrogen-bond donors (Lipinski definition) is 0. The first-order valence-corrected chi connectivity index (χ1v) is 8.32. The fourth-order valence-corrected chi connectivity index (χ4v) is 3.26. The van der Waals surface area contributed by atoms with E-state index in [1.165, 1.54) is 16.2 Å². The number of hydrogen-bond acceptors (Lipinski definition) is 4. The Morgan fingerprint density at radius 1 is 1.22 bits per heavy atom. The Hall–Kier alpha value is -2.14. The van der Waals surface area contributed by atoms with E-state index in [4.69, 9.17) is 4.74 Å². The molecule has 4 nitrogen and oxygen atoms in total. The topological polar surface area (TPSA) is 46.6 Å². The van der Waals surface area contributed by atoms with E-state index in [2.05, 4.69) is 0 Å². The molecule has 5 heteroatoms. The molecule has 0 fully saturated rings.